The predicted octanol–water partition coefficient (Wildman–Crippen LogP) is 3.57. The van der Waals surface area contributed by atoms with Gasteiger partial charge in [0.15, 0.2) is 0 Å². The number of hydrogen-bond acceptors (Lipinski definition) is 3. The maximum atomic E-state index is 12.7. The Morgan fingerprint density at radius 2 is 1.88 bits per heavy atom. The van der Waals surface area contributed by atoms with Crippen LogP contribution in [0.1, 0.15) is 44.7 Å². The van der Waals surface area contributed by atoms with Gasteiger partial charge in [-0.2, -0.15) is 0 Å². The number of amides is 1. The lowest BCUT2D eigenvalue weighted by Gasteiger charge is -2.39. The molecule has 0 bridgehead atoms. The lowest BCUT2D eigenvalue weighted by atomic mass is 9.85. The van der Waals surface area contributed by atoms with Crippen LogP contribution in [0.25, 0.3) is 0 Å². The van der Waals surface area contributed by atoms with Gasteiger partial charge in [0, 0.05) is 43.7 Å². The van der Waals surface area contributed by atoms with Crippen LogP contribution in [-0.4, -0.2) is 55.0 Å². The van der Waals surface area contributed by atoms with Crippen molar-refractivity contribution in [1.29, 1.82) is 0 Å². The van der Waals surface area contributed by atoms with Gasteiger partial charge in [0.2, 0.25) is 5.91 Å². The van der Waals surface area contributed by atoms with Gasteiger partial charge in [-0.15, -0.1) is 0 Å². The summed E-state index contributed by atoms with van der Waals surface area (Å²) in [5.74, 6) is 1.46. The second-order valence-corrected chi connectivity index (χ2v) is 8.37. The molecule has 2 aliphatic heterocycles. The molecule has 3 rings (SSSR count). The van der Waals surface area contributed by atoms with Crippen molar-refractivity contribution in [2.45, 2.75) is 39.2 Å². The normalized spacial score (nSPS) is 24.3. The highest BCUT2D eigenvalue weighted by Gasteiger charge is 2.28. The molecule has 2 saturated heterocycles. The summed E-state index contributed by atoms with van der Waals surface area (Å²) >= 11 is 5.99. The molecule has 3 atom stereocenters. The number of rotatable bonds is 5. The second kappa shape index (κ2) is 9.20. The Morgan fingerprint density at radius 1 is 1.19 bits per heavy atom. The molecule has 0 saturated carbocycles. The highest BCUT2D eigenvalue weighted by molar-refractivity contribution is 6.30. The van der Waals surface area contributed by atoms with Gasteiger partial charge in [0.05, 0.1) is 0 Å². The molecule has 0 aromatic heterocycles. The molecule has 1 aromatic rings. The summed E-state index contributed by atoms with van der Waals surface area (Å²) < 4.78 is 0. The van der Waals surface area contributed by atoms with Crippen LogP contribution >= 0.6 is 11.6 Å². The molecule has 2 heterocycles. The van der Waals surface area contributed by atoms with Crippen LogP contribution in [0.15, 0.2) is 24.3 Å². The first-order chi connectivity index (χ1) is 12.5. The summed E-state index contributed by atoms with van der Waals surface area (Å²) in [6, 6.07) is 8.47. The zero-order valence-corrected chi connectivity index (χ0v) is 16.8. The van der Waals surface area contributed by atoms with Crippen molar-refractivity contribution in [1.82, 2.24) is 15.1 Å². The molecule has 2 fully saturated rings. The van der Waals surface area contributed by atoms with Crippen molar-refractivity contribution in [3.8, 4) is 0 Å². The molecule has 26 heavy (non-hydrogen) atoms. The van der Waals surface area contributed by atoms with Crippen molar-refractivity contribution in [3.63, 3.8) is 0 Å². The van der Waals surface area contributed by atoms with Gasteiger partial charge in [-0.05, 0) is 62.4 Å². The Bertz CT molecular complexity index is 577. The zero-order chi connectivity index (χ0) is 18.5. The number of halogens is 1. The number of piperidine rings is 1. The number of nitrogens with zero attached hydrogens (tertiary/aromatic N) is 2. The first-order valence-corrected chi connectivity index (χ1v) is 10.4. The Balaban J connectivity index is 1.46. The Morgan fingerprint density at radius 3 is 2.50 bits per heavy atom. The third-order valence-electron chi connectivity index (χ3n) is 6.20. The van der Waals surface area contributed by atoms with Gasteiger partial charge in [-0.25, -0.2) is 0 Å². The highest BCUT2D eigenvalue weighted by Crippen LogP contribution is 2.25. The summed E-state index contributed by atoms with van der Waals surface area (Å²) in [5.41, 5.74) is 1.28. The molecular weight excluding hydrogens is 346 g/mol. The largest absolute Gasteiger partial charge is 0.340 e. The maximum Gasteiger partial charge on any atom is 0.222 e. The first kappa shape index (κ1) is 19.7. The number of benzene rings is 1. The average molecular weight is 378 g/mol. The molecule has 5 heteroatoms. The molecule has 0 spiro atoms. The van der Waals surface area contributed by atoms with Gasteiger partial charge in [-0.3, -0.25) is 9.69 Å². The van der Waals surface area contributed by atoms with Crippen LogP contribution in [0.4, 0.5) is 0 Å². The molecule has 2 aliphatic rings. The van der Waals surface area contributed by atoms with Crippen molar-refractivity contribution in [2.75, 3.05) is 39.3 Å². The van der Waals surface area contributed by atoms with Crippen molar-refractivity contribution < 1.29 is 4.79 Å². The van der Waals surface area contributed by atoms with Crippen LogP contribution in [0, 0.1) is 11.8 Å². The Hall–Kier alpha value is -1.10. The fourth-order valence-electron chi connectivity index (χ4n) is 4.25. The van der Waals surface area contributed by atoms with Gasteiger partial charge in [0.25, 0.3) is 0 Å². The summed E-state index contributed by atoms with van der Waals surface area (Å²) in [5, 5.41) is 4.24. The summed E-state index contributed by atoms with van der Waals surface area (Å²) in [6.07, 6.45) is 3.19. The van der Waals surface area contributed by atoms with E-state index in [1.807, 2.05) is 12.1 Å². The summed E-state index contributed by atoms with van der Waals surface area (Å²) in [4.78, 5) is 17.2. The quantitative estimate of drug-likeness (QED) is 0.852. The molecular formula is C21H32ClN3O. The lowest BCUT2D eigenvalue weighted by molar-refractivity contribution is -0.134. The van der Waals surface area contributed by atoms with E-state index in [9.17, 15) is 4.79 Å². The molecule has 0 aliphatic carbocycles. The molecule has 1 N–H and O–H groups in total. The maximum absolute atomic E-state index is 12.7. The SMILES string of the molecule is CC(CC(=O)N1CCN(C(C)c2ccc(Cl)cc2)CC1)C1CCCNC1. The first-order valence-electron chi connectivity index (χ1n) is 10.0. The molecule has 4 nitrogen and oxygen atoms in total. The number of piperazine rings is 1. The minimum Gasteiger partial charge on any atom is -0.340 e. The minimum absolute atomic E-state index is 0.335. The molecule has 144 valence electrons. The van der Waals surface area contributed by atoms with Gasteiger partial charge < -0.3 is 10.2 Å². The number of carbonyl (C=O) groups excluding carboxylic acids is 1. The monoisotopic (exact) mass is 377 g/mol. The second-order valence-electron chi connectivity index (χ2n) is 7.93. The topological polar surface area (TPSA) is 35.6 Å². The average Bonchev–Trinajstić information content (AvgIpc) is 2.69. The zero-order valence-electron chi connectivity index (χ0n) is 16.1. The third-order valence-corrected chi connectivity index (χ3v) is 6.46. The lowest BCUT2D eigenvalue weighted by Crippen LogP contribution is -2.49. The van der Waals surface area contributed by atoms with Gasteiger partial charge in [-0.1, -0.05) is 30.7 Å². The van der Waals surface area contributed by atoms with Gasteiger partial charge in [0.1, 0.15) is 0 Å². The molecule has 1 amide bonds. The van der Waals surface area contributed by atoms with E-state index in [1.165, 1.54) is 18.4 Å². The predicted molar refractivity (Wildman–Crippen MR) is 107 cm³/mol. The third kappa shape index (κ3) is 4.99. The van der Waals surface area contributed by atoms with E-state index in [0.29, 0.717) is 30.2 Å². The molecule has 1 aromatic carbocycles. The van der Waals surface area contributed by atoms with E-state index in [-0.39, 0.29) is 0 Å². The molecule has 0 radical (unpaired) electrons. The van der Waals surface area contributed by atoms with Crippen LogP contribution in [0.5, 0.6) is 0 Å². The number of nitrogens with one attached hydrogen (secondary N) is 1. The molecule has 3 unspecified atom stereocenters. The number of carbonyl (C=O) groups is 1. The van der Waals surface area contributed by atoms with E-state index in [4.69, 9.17) is 11.6 Å². The van der Waals surface area contributed by atoms with E-state index >= 15 is 0 Å². The van der Waals surface area contributed by atoms with Crippen LogP contribution in [-0.2, 0) is 4.79 Å². The van der Waals surface area contributed by atoms with Crippen molar-refractivity contribution in [2.24, 2.45) is 11.8 Å². The van der Waals surface area contributed by atoms with Crippen molar-refractivity contribution in [3.05, 3.63) is 34.9 Å². The van der Waals surface area contributed by atoms with Crippen molar-refractivity contribution >= 4 is 17.5 Å². The van der Waals surface area contributed by atoms with Gasteiger partial charge >= 0.3 is 0 Å². The van der Waals surface area contributed by atoms with E-state index in [0.717, 1.165) is 44.3 Å². The van der Waals surface area contributed by atoms with Crippen LogP contribution in [0.3, 0.4) is 0 Å². The smallest absolute Gasteiger partial charge is 0.222 e. The summed E-state index contributed by atoms with van der Waals surface area (Å²) in [7, 11) is 0. The fourth-order valence-corrected chi connectivity index (χ4v) is 4.37. The summed E-state index contributed by atoms with van der Waals surface area (Å²) in [6.45, 7) is 10.2. The Labute approximate surface area is 162 Å². The van der Waals surface area contributed by atoms with E-state index in [1.54, 1.807) is 0 Å². The number of hydrogen-bond donors (Lipinski definition) is 1. The van der Waals surface area contributed by atoms with E-state index < -0.39 is 0 Å². The minimum atomic E-state index is 0.335. The highest BCUT2D eigenvalue weighted by atomic mass is 35.5. The fraction of sp³-hybridized carbons (Fsp3) is 0.667. The van der Waals surface area contributed by atoms with Crippen LogP contribution < -0.4 is 5.32 Å². The van der Waals surface area contributed by atoms with E-state index in [2.05, 4.69) is 41.1 Å². The van der Waals surface area contributed by atoms with Crippen LogP contribution in [0.2, 0.25) is 5.02 Å². The Kier molecular flexibility index (Phi) is 6.96. The standard InChI is InChI=1S/C21H32ClN3O/c1-16(19-4-3-9-23-15-19)14-21(26)25-12-10-24(11-13-25)17(2)18-5-7-20(22)8-6-18/h5-8,16-17,19,23H,3-4,9-15H2,1-2H3.